The van der Waals surface area contributed by atoms with Gasteiger partial charge in [-0.15, -0.1) is 0 Å². The van der Waals surface area contributed by atoms with E-state index in [0.29, 0.717) is 22.8 Å². The van der Waals surface area contributed by atoms with Crippen molar-refractivity contribution in [3.05, 3.63) is 23.3 Å². The van der Waals surface area contributed by atoms with Gasteiger partial charge in [-0.3, -0.25) is 0 Å². The summed E-state index contributed by atoms with van der Waals surface area (Å²) in [4.78, 5) is 0.335. The Bertz CT molecular complexity index is 578. The Morgan fingerprint density at radius 2 is 2.05 bits per heavy atom. The predicted molar refractivity (Wildman–Crippen MR) is 78.7 cm³/mol. The molecule has 1 unspecified atom stereocenters. The van der Waals surface area contributed by atoms with E-state index >= 15 is 0 Å². The molecule has 1 saturated heterocycles. The van der Waals surface area contributed by atoms with Crippen molar-refractivity contribution in [1.29, 1.82) is 0 Å². The summed E-state index contributed by atoms with van der Waals surface area (Å²) in [5, 5.41) is 3.21. The van der Waals surface area contributed by atoms with Crippen LogP contribution in [0.25, 0.3) is 0 Å². The number of methoxy groups -OCH3 is 1. The lowest BCUT2D eigenvalue weighted by molar-refractivity contribution is 0.410. The van der Waals surface area contributed by atoms with Gasteiger partial charge >= 0.3 is 0 Å². The highest BCUT2D eigenvalue weighted by atomic mass is 32.2. The van der Waals surface area contributed by atoms with E-state index in [0.717, 1.165) is 24.9 Å². The van der Waals surface area contributed by atoms with Gasteiger partial charge in [-0.05, 0) is 56.5 Å². The fraction of sp³-hybridized carbons (Fsp3) is 0.571. The summed E-state index contributed by atoms with van der Waals surface area (Å²) >= 11 is 0. The zero-order valence-electron chi connectivity index (χ0n) is 12.2. The van der Waals surface area contributed by atoms with Crippen molar-refractivity contribution in [2.24, 2.45) is 0 Å². The molecule has 1 atom stereocenters. The fourth-order valence-electron chi connectivity index (χ4n) is 2.51. The Morgan fingerprint density at radius 1 is 1.30 bits per heavy atom. The third-order valence-electron chi connectivity index (χ3n) is 3.60. The minimum atomic E-state index is -3.48. The van der Waals surface area contributed by atoms with Gasteiger partial charge in [-0.1, -0.05) is 0 Å². The molecule has 112 valence electrons. The maximum atomic E-state index is 12.5. The van der Waals surface area contributed by atoms with Gasteiger partial charge < -0.3 is 10.1 Å². The Labute approximate surface area is 120 Å². The summed E-state index contributed by atoms with van der Waals surface area (Å²) < 4.78 is 33.0. The molecule has 0 saturated carbocycles. The number of nitrogens with one attached hydrogen (secondary N) is 2. The maximum Gasteiger partial charge on any atom is 0.241 e. The molecule has 0 radical (unpaired) electrons. The number of hydrogen-bond acceptors (Lipinski definition) is 4. The number of piperidine rings is 1. The number of ether oxygens (including phenoxy) is 1. The van der Waals surface area contributed by atoms with Crippen molar-refractivity contribution in [2.45, 2.75) is 37.6 Å². The third-order valence-corrected chi connectivity index (χ3v) is 5.26. The molecule has 2 rings (SSSR count). The second-order valence-electron chi connectivity index (χ2n) is 5.25. The van der Waals surface area contributed by atoms with Crippen LogP contribution in [0.1, 0.15) is 24.0 Å². The first-order chi connectivity index (χ1) is 9.44. The summed E-state index contributed by atoms with van der Waals surface area (Å²) in [6, 6.07) is 3.41. The number of sulfonamides is 1. The van der Waals surface area contributed by atoms with E-state index in [1.54, 1.807) is 26.2 Å². The number of rotatable bonds is 4. The van der Waals surface area contributed by atoms with Crippen LogP contribution in [0.4, 0.5) is 0 Å². The molecule has 0 spiro atoms. The summed E-state index contributed by atoms with van der Waals surface area (Å²) in [5.74, 6) is 0.709. The zero-order valence-corrected chi connectivity index (χ0v) is 13.0. The van der Waals surface area contributed by atoms with Gasteiger partial charge in [0.05, 0.1) is 12.0 Å². The first-order valence-corrected chi connectivity index (χ1v) is 8.30. The highest BCUT2D eigenvalue weighted by molar-refractivity contribution is 7.89. The molecule has 1 aliphatic heterocycles. The second kappa shape index (κ2) is 6.11. The maximum absolute atomic E-state index is 12.5. The molecule has 1 aliphatic rings. The van der Waals surface area contributed by atoms with Crippen LogP contribution in [0.2, 0.25) is 0 Å². The third kappa shape index (κ3) is 3.31. The molecule has 0 bridgehead atoms. The summed E-state index contributed by atoms with van der Waals surface area (Å²) in [6.45, 7) is 5.28. The number of benzene rings is 1. The van der Waals surface area contributed by atoms with Crippen LogP contribution in [0.3, 0.4) is 0 Å². The number of hydrogen-bond donors (Lipinski definition) is 2. The van der Waals surface area contributed by atoms with Crippen molar-refractivity contribution in [1.82, 2.24) is 10.0 Å². The van der Waals surface area contributed by atoms with Crippen LogP contribution >= 0.6 is 0 Å². The van der Waals surface area contributed by atoms with Crippen LogP contribution in [0.15, 0.2) is 17.0 Å². The van der Waals surface area contributed by atoms with Gasteiger partial charge in [0, 0.05) is 12.6 Å². The zero-order chi connectivity index (χ0) is 14.8. The van der Waals surface area contributed by atoms with Crippen molar-refractivity contribution < 1.29 is 13.2 Å². The molecule has 0 aromatic heterocycles. The van der Waals surface area contributed by atoms with Crippen molar-refractivity contribution >= 4 is 10.0 Å². The molecular formula is C14H22N2O3S. The Kier molecular flexibility index (Phi) is 4.67. The molecular weight excluding hydrogens is 276 g/mol. The Morgan fingerprint density at radius 3 is 2.65 bits per heavy atom. The molecule has 1 fully saturated rings. The van der Waals surface area contributed by atoms with Gasteiger partial charge in [-0.25, -0.2) is 13.1 Å². The Hall–Kier alpha value is -1.11. The van der Waals surface area contributed by atoms with Crippen LogP contribution in [-0.4, -0.2) is 34.7 Å². The van der Waals surface area contributed by atoms with E-state index in [9.17, 15) is 8.42 Å². The average Bonchev–Trinajstić information content (AvgIpc) is 2.41. The summed E-state index contributed by atoms with van der Waals surface area (Å²) in [7, 11) is -1.90. The highest BCUT2D eigenvalue weighted by Gasteiger charge is 2.23. The van der Waals surface area contributed by atoms with Gasteiger partial charge in [0.2, 0.25) is 10.0 Å². The SMILES string of the molecule is COc1cc(C)c(S(=O)(=O)NC2CCCNC2)cc1C. The van der Waals surface area contributed by atoms with E-state index < -0.39 is 10.0 Å². The standard InChI is InChI=1S/C14H22N2O3S/c1-10-8-14(11(2)7-13(10)19-3)20(17,18)16-12-5-4-6-15-9-12/h7-8,12,15-16H,4-6,9H2,1-3H3. The van der Waals surface area contributed by atoms with Crippen molar-refractivity contribution in [2.75, 3.05) is 20.2 Å². The molecule has 1 heterocycles. The molecule has 0 aliphatic carbocycles. The lowest BCUT2D eigenvalue weighted by Crippen LogP contribution is -2.45. The molecule has 2 N–H and O–H groups in total. The van der Waals surface area contributed by atoms with E-state index in [1.807, 2.05) is 6.92 Å². The smallest absolute Gasteiger partial charge is 0.241 e. The van der Waals surface area contributed by atoms with E-state index in [1.165, 1.54) is 0 Å². The van der Waals surface area contributed by atoms with E-state index in [4.69, 9.17) is 4.74 Å². The van der Waals surface area contributed by atoms with Gasteiger partial charge in [0.25, 0.3) is 0 Å². The predicted octanol–water partition coefficient (Wildman–Crippen LogP) is 1.34. The minimum absolute atomic E-state index is 0.0319. The van der Waals surface area contributed by atoms with Crippen LogP contribution in [0.5, 0.6) is 5.75 Å². The Balaban J connectivity index is 2.26. The normalized spacial score (nSPS) is 19.9. The fourth-order valence-corrected chi connectivity index (χ4v) is 4.09. The van der Waals surface area contributed by atoms with Crippen LogP contribution < -0.4 is 14.8 Å². The van der Waals surface area contributed by atoms with Crippen LogP contribution in [-0.2, 0) is 10.0 Å². The summed E-state index contributed by atoms with van der Waals surface area (Å²) in [6.07, 6.45) is 1.87. The average molecular weight is 298 g/mol. The lowest BCUT2D eigenvalue weighted by Gasteiger charge is -2.24. The van der Waals surface area contributed by atoms with E-state index in [2.05, 4.69) is 10.0 Å². The number of aryl methyl sites for hydroxylation is 2. The quantitative estimate of drug-likeness (QED) is 0.880. The molecule has 1 aromatic carbocycles. The van der Waals surface area contributed by atoms with E-state index in [-0.39, 0.29) is 6.04 Å². The topological polar surface area (TPSA) is 67.4 Å². The molecule has 6 heteroatoms. The van der Waals surface area contributed by atoms with Gasteiger partial charge in [0.1, 0.15) is 5.75 Å². The first-order valence-electron chi connectivity index (χ1n) is 6.82. The highest BCUT2D eigenvalue weighted by Crippen LogP contribution is 2.25. The van der Waals surface area contributed by atoms with Gasteiger partial charge in [-0.2, -0.15) is 0 Å². The largest absolute Gasteiger partial charge is 0.496 e. The lowest BCUT2D eigenvalue weighted by atomic mass is 10.1. The van der Waals surface area contributed by atoms with Crippen molar-refractivity contribution in [3.63, 3.8) is 0 Å². The van der Waals surface area contributed by atoms with Crippen molar-refractivity contribution in [3.8, 4) is 5.75 Å². The molecule has 5 nitrogen and oxygen atoms in total. The molecule has 1 aromatic rings. The second-order valence-corrected chi connectivity index (χ2v) is 6.93. The first kappa shape index (κ1) is 15.3. The van der Waals surface area contributed by atoms with Gasteiger partial charge in [0.15, 0.2) is 0 Å². The monoisotopic (exact) mass is 298 g/mol. The minimum Gasteiger partial charge on any atom is -0.496 e. The summed E-state index contributed by atoms with van der Waals surface area (Å²) in [5.41, 5.74) is 1.52. The van der Waals surface area contributed by atoms with Crippen LogP contribution in [0, 0.1) is 13.8 Å². The molecule has 20 heavy (non-hydrogen) atoms. The molecule has 0 amide bonds.